The van der Waals surface area contributed by atoms with Gasteiger partial charge in [0.15, 0.2) is 0 Å². The van der Waals surface area contributed by atoms with E-state index in [9.17, 15) is 9.90 Å². The van der Waals surface area contributed by atoms with Gasteiger partial charge in [0.05, 0.1) is 17.7 Å². The molecule has 0 bridgehead atoms. The average Bonchev–Trinajstić information content (AvgIpc) is 2.86. The highest BCUT2D eigenvalue weighted by molar-refractivity contribution is 7.10. The molecule has 0 aliphatic heterocycles. The number of amides is 1. The van der Waals surface area contributed by atoms with Crippen molar-refractivity contribution in [2.75, 3.05) is 0 Å². The van der Waals surface area contributed by atoms with E-state index in [0.29, 0.717) is 12.0 Å². The van der Waals surface area contributed by atoms with Crippen molar-refractivity contribution in [1.82, 2.24) is 5.43 Å². The maximum Gasteiger partial charge on any atom is 0.245 e. The van der Waals surface area contributed by atoms with Gasteiger partial charge in [0, 0.05) is 4.88 Å². The van der Waals surface area contributed by atoms with Crippen LogP contribution in [-0.2, 0) is 11.2 Å². The Hall–Kier alpha value is -1.85. The summed E-state index contributed by atoms with van der Waals surface area (Å²) in [5.74, 6) is -0.163. The molecule has 2 rings (SSSR count). The topological polar surface area (TPSA) is 61.7 Å². The standard InChI is InChI=1S/C13H11ClN2O2S/c14-11-6-9(3-4-12(11)17)8-15-16-13(18)7-10-2-1-5-19-10/h1-6,8,17H,7H2,(H,16,18)/b15-8+. The molecule has 2 aromatic rings. The third-order valence-electron chi connectivity index (χ3n) is 2.29. The van der Waals surface area contributed by atoms with Crippen LogP contribution in [0, 0.1) is 0 Å². The number of nitrogens with one attached hydrogen (secondary N) is 1. The molecule has 19 heavy (non-hydrogen) atoms. The van der Waals surface area contributed by atoms with Gasteiger partial charge in [-0.05, 0) is 35.2 Å². The maximum absolute atomic E-state index is 11.5. The van der Waals surface area contributed by atoms with Crippen LogP contribution in [0.25, 0.3) is 0 Å². The molecule has 6 heteroatoms. The summed E-state index contributed by atoms with van der Waals surface area (Å²) in [5, 5.41) is 15.3. The lowest BCUT2D eigenvalue weighted by molar-refractivity contribution is -0.120. The molecule has 1 aromatic heterocycles. The van der Waals surface area contributed by atoms with E-state index in [0.717, 1.165) is 4.88 Å². The first kappa shape index (κ1) is 13.6. The van der Waals surface area contributed by atoms with Gasteiger partial charge in [0.25, 0.3) is 0 Å². The Balaban J connectivity index is 1.89. The Labute approximate surface area is 119 Å². The SMILES string of the molecule is O=C(Cc1cccs1)N/N=C/c1ccc(O)c(Cl)c1. The first-order valence-electron chi connectivity index (χ1n) is 5.48. The molecule has 1 amide bonds. The number of phenols is 1. The van der Waals surface area contributed by atoms with Crippen molar-refractivity contribution in [3.8, 4) is 5.75 Å². The molecule has 0 radical (unpaired) electrons. The van der Waals surface area contributed by atoms with Gasteiger partial charge in [-0.15, -0.1) is 11.3 Å². The number of thiophene rings is 1. The minimum Gasteiger partial charge on any atom is -0.506 e. The fourth-order valence-corrected chi connectivity index (χ4v) is 2.29. The van der Waals surface area contributed by atoms with E-state index < -0.39 is 0 Å². The van der Waals surface area contributed by atoms with E-state index in [-0.39, 0.29) is 16.7 Å². The number of halogens is 1. The van der Waals surface area contributed by atoms with Crippen LogP contribution in [0.15, 0.2) is 40.8 Å². The molecule has 0 atom stereocenters. The van der Waals surface area contributed by atoms with E-state index in [2.05, 4.69) is 10.5 Å². The number of hydrogen-bond donors (Lipinski definition) is 2. The van der Waals surface area contributed by atoms with Crippen LogP contribution in [0.3, 0.4) is 0 Å². The molecule has 1 aromatic carbocycles. The highest BCUT2D eigenvalue weighted by Gasteiger charge is 2.02. The van der Waals surface area contributed by atoms with Crippen LogP contribution >= 0.6 is 22.9 Å². The number of aromatic hydroxyl groups is 1. The van der Waals surface area contributed by atoms with Gasteiger partial charge in [-0.3, -0.25) is 4.79 Å². The highest BCUT2D eigenvalue weighted by Crippen LogP contribution is 2.22. The normalized spacial score (nSPS) is 10.8. The monoisotopic (exact) mass is 294 g/mol. The molecule has 98 valence electrons. The predicted octanol–water partition coefficient (Wildman–Crippen LogP) is 2.80. The summed E-state index contributed by atoms with van der Waals surface area (Å²) in [4.78, 5) is 12.5. The van der Waals surface area contributed by atoms with Crippen LogP contribution in [0.4, 0.5) is 0 Å². The Kier molecular flexibility index (Phi) is 4.54. The first-order valence-corrected chi connectivity index (χ1v) is 6.74. The van der Waals surface area contributed by atoms with Gasteiger partial charge in [0.1, 0.15) is 5.75 Å². The fourth-order valence-electron chi connectivity index (χ4n) is 1.39. The molecule has 1 heterocycles. The fraction of sp³-hybridized carbons (Fsp3) is 0.0769. The number of hydrogen-bond acceptors (Lipinski definition) is 4. The maximum atomic E-state index is 11.5. The van der Waals surface area contributed by atoms with Crippen molar-refractivity contribution < 1.29 is 9.90 Å². The Morgan fingerprint density at radius 1 is 1.47 bits per heavy atom. The molecule has 0 spiro atoms. The van der Waals surface area contributed by atoms with Crippen molar-refractivity contribution in [1.29, 1.82) is 0 Å². The van der Waals surface area contributed by atoms with Crippen molar-refractivity contribution in [3.05, 3.63) is 51.2 Å². The molecule has 4 nitrogen and oxygen atoms in total. The first-order chi connectivity index (χ1) is 9.15. The highest BCUT2D eigenvalue weighted by atomic mass is 35.5. The Morgan fingerprint density at radius 2 is 2.32 bits per heavy atom. The predicted molar refractivity (Wildman–Crippen MR) is 76.9 cm³/mol. The number of nitrogens with zero attached hydrogens (tertiary/aromatic N) is 1. The molecule has 0 aliphatic carbocycles. The van der Waals surface area contributed by atoms with E-state index in [1.807, 2.05) is 17.5 Å². The minimum atomic E-state index is -0.177. The number of phenolic OH excluding ortho intramolecular Hbond substituents is 1. The van der Waals surface area contributed by atoms with Crippen molar-refractivity contribution >= 4 is 35.1 Å². The van der Waals surface area contributed by atoms with Crippen molar-refractivity contribution in [3.63, 3.8) is 0 Å². The molecular weight excluding hydrogens is 284 g/mol. The van der Waals surface area contributed by atoms with Gasteiger partial charge >= 0.3 is 0 Å². The number of benzene rings is 1. The largest absolute Gasteiger partial charge is 0.506 e. The number of hydrazone groups is 1. The molecule has 0 saturated carbocycles. The van der Waals surface area contributed by atoms with E-state index in [1.165, 1.54) is 23.6 Å². The third-order valence-corrected chi connectivity index (χ3v) is 3.47. The minimum absolute atomic E-state index is 0.0144. The van der Waals surface area contributed by atoms with E-state index in [4.69, 9.17) is 11.6 Å². The zero-order valence-electron chi connectivity index (χ0n) is 9.84. The molecule has 0 unspecified atom stereocenters. The van der Waals surface area contributed by atoms with E-state index in [1.54, 1.807) is 12.1 Å². The van der Waals surface area contributed by atoms with Gasteiger partial charge in [-0.25, -0.2) is 5.43 Å². The van der Waals surface area contributed by atoms with Crippen LogP contribution in [0.1, 0.15) is 10.4 Å². The second kappa shape index (κ2) is 6.36. The quantitative estimate of drug-likeness (QED) is 0.673. The van der Waals surface area contributed by atoms with Crippen molar-refractivity contribution in [2.45, 2.75) is 6.42 Å². The summed E-state index contributed by atoms with van der Waals surface area (Å²) in [7, 11) is 0. The van der Waals surface area contributed by atoms with Gasteiger partial charge in [-0.2, -0.15) is 5.10 Å². The van der Waals surface area contributed by atoms with Gasteiger partial charge < -0.3 is 5.11 Å². The second-order valence-electron chi connectivity index (χ2n) is 3.76. The molecule has 0 aliphatic rings. The van der Waals surface area contributed by atoms with E-state index >= 15 is 0 Å². The molecule has 0 saturated heterocycles. The summed E-state index contributed by atoms with van der Waals surface area (Å²) >= 11 is 7.28. The lowest BCUT2D eigenvalue weighted by Gasteiger charge is -1.99. The lowest BCUT2D eigenvalue weighted by Crippen LogP contribution is -2.19. The summed E-state index contributed by atoms with van der Waals surface area (Å²) in [6, 6.07) is 8.47. The number of carbonyl (C=O) groups is 1. The van der Waals surface area contributed by atoms with Crippen LogP contribution in [-0.4, -0.2) is 17.2 Å². The van der Waals surface area contributed by atoms with Gasteiger partial charge in [-0.1, -0.05) is 17.7 Å². The summed E-state index contributed by atoms with van der Waals surface area (Å²) in [5.41, 5.74) is 3.13. The van der Waals surface area contributed by atoms with Crippen LogP contribution in [0.2, 0.25) is 5.02 Å². The summed E-state index contributed by atoms with van der Waals surface area (Å²) in [6.07, 6.45) is 1.78. The summed E-state index contributed by atoms with van der Waals surface area (Å²) in [6.45, 7) is 0. The number of rotatable bonds is 4. The Bertz CT molecular complexity index is 597. The lowest BCUT2D eigenvalue weighted by atomic mass is 10.2. The van der Waals surface area contributed by atoms with Crippen LogP contribution in [0.5, 0.6) is 5.75 Å². The number of carbonyl (C=O) groups excluding carboxylic acids is 1. The Morgan fingerprint density at radius 3 is 3.00 bits per heavy atom. The zero-order chi connectivity index (χ0) is 13.7. The zero-order valence-corrected chi connectivity index (χ0v) is 11.4. The average molecular weight is 295 g/mol. The molecule has 2 N–H and O–H groups in total. The van der Waals surface area contributed by atoms with Crippen LogP contribution < -0.4 is 5.43 Å². The molecular formula is C13H11ClN2O2S. The summed E-state index contributed by atoms with van der Waals surface area (Å²) < 4.78 is 0. The third kappa shape index (κ3) is 4.08. The van der Waals surface area contributed by atoms with Crippen molar-refractivity contribution in [2.24, 2.45) is 5.10 Å². The second-order valence-corrected chi connectivity index (χ2v) is 5.20. The molecule has 0 fully saturated rings. The smallest absolute Gasteiger partial charge is 0.245 e. The van der Waals surface area contributed by atoms with Gasteiger partial charge in [0.2, 0.25) is 5.91 Å².